The second kappa shape index (κ2) is 6.08. The van der Waals surface area contributed by atoms with Gasteiger partial charge in [-0.05, 0) is 40.5 Å². The summed E-state index contributed by atoms with van der Waals surface area (Å²) in [4.78, 5) is 10.9. The summed E-state index contributed by atoms with van der Waals surface area (Å²) in [7, 11) is -3.85. The molecule has 1 amide bonds. The van der Waals surface area contributed by atoms with E-state index >= 15 is 0 Å². The Bertz CT molecular complexity index is 789. The van der Waals surface area contributed by atoms with Crippen LogP contribution >= 0.6 is 27.3 Å². The van der Waals surface area contributed by atoms with Crippen molar-refractivity contribution in [3.63, 3.8) is 0 Å². The average molecular weight is 391 g/mol. The number of aryl methyl sites for hydroxylation is 1. The van der Waals surface area contributed by atoms with Crippen LogP contribution < -0.4 is 10.0 Å². The lowest BCUT2D eigenvalue weighted by Crippen LogP contribution is -2.13. The largest absolute Gasteiger partial charge is 0.301 e. The zero-order chi connectivity index (χ0) is 15.6. The molecule has 1 aromatic heterocycles. The van der Waals surface area contributed by atoms with Gasteiger partial charge in [-0.15, -0.1) is 10.2 Å². The highest BCUT2D eigenvalue weighted by Gasteiger charge is 2.21. The molecule has 2 rings (SSSR count). The lowest BCUT2D eigenvalue weighted by Gasteiger charge is -2.07. The van der Waals surface area contributed by atoms with E-state index in [2.05, 4.69) is 36.2 Å². The van der Waals surface area contributed by atoms with Crippen molar-refractivity contribution in [2.75, 3.05) is 10.0 Å². The molecule has 2 N–H and O–H groups in total. The Labute approximate surface area is 134 Å². The minimum absolute atomic E-state index is 0.130. The summed E-state index contributed by atoms with van der Waals surface area (Å²) in [6.45, 7) is 3.20. The summed E-state index contributed by atoms with van der Waals surface area (Å²) in [6, 6.07) is 5.22. The van der Waals surface area contributed by atoms with Crippen LogP contribution in [0.3, 0.4) is 0 Å². The van der Waals surface area contributed by atoms with Gasteiger partial charge in [-0.25, -0.2) is 0 Å². The van der Waals surface area contributed by atoms with Crippen molar-refractivity contribution >= 4 is 54.0 Å². The second-order valence-electron chi connectivity index (χ2n) is 4.14. The highest BCUT2D eigenvalue weighted by atomic mass is 79.9. The third-order valence-electron chi connectivity index (χ3n) is 2.29. The Morgan fingerprint density at radius 1 is 1.33 bits per heavy atom. The second-order valence-corrected chi connectivity index (χ2v) is 7.83. The van der Waals surface area contributed by atoms with E-state index in [0.717, 1.165) is 16.9 Å². The fourth-order valence-electron chi connectivity index (χ4n) is 1.41. The van der Waals surface area contributed by atoms with Crippen molar-refractivity contribution in [1.82, 2.24) is 10.2 Å². The lowest BCUT2D eigenvalue weighted by atomic mass is 10.2. The molecule has 0 spiro atoms. The maximum Gasteiger partial charge on any atom is 0.291 e. The third-order valence-corrected chi connectivity index (χ3v) is 5.52. The molecule has 0 saturated carbocycles. The van der Waals surface area contributed by atoms with Gasteiger partial charge in [0.2, 0.25) is 11.0 Å². The Morgan fingerprint density at radius 2 is 2.05 bits per heavy atom. The van der Waals surface area contributed by atoms with Crippen LogP contribution in [0.1, 0.15) is 12.5 Å². The molecular weight excluding hydrogens is 380 g/mol. The Morgan fingerprint density at radius 3 is 2.67 bits per heavy atom. The maximum atomic E-state index is 12.2. The van der Waals surface area contributed by atoms with E-state index in [1.165, 1.54) is 6.92 Å². The smallest absolute Gasteiger partial charge is 0.291 e. The van der Waals surface area contributed by atoms with E-state index in [-0.39, 0.29) is 15.4 Å². The summed E-state index contributed by atoms with van der Waals surface area (Å²) in [5.41, 5.74) is 1.39. The van der Waals surface area contributed by atoms with Crippen molar-refractivity contribution in [3.05, 3.63) is 28.2 Å². The molecule has 7 nitrogen and oxygen atoms in total. The van der Waals surface area contributed by atoms with Gasteiger partial charge < -0.3 is 5.32 Å². The fourth-order valence-corrected chi connectivity index (χ4v) is 4.16. The van der Waals surface area contributed by atoms with E-state index in [4.69, 9.17) is 0 Å². The van der Waals surface area contributed by atoms with Crippen LogP contribution in [0, 0.1) is 6.92 Å². The van der Waals surface area contributed by atoms with Gasteiger partial charge in [-0.1, -0.05) is 17.4 Å². The van der Waals surface area contributed by atoms with Crippen LogP contribution in [0.15, 0.2) is 27.0 Å². The van der Waals surface area contributed by atoms with Gasteiger partial charge in [0.25, 0.3) is 14.4 Å². The molecule has 0 aliphatic rings. The molecule has 0 radical (unpaired) electrons. The van der Waals surface area contributed by atoms with E-state index in [0.29, 0.717) is 10.2 Å². The molecule has 0 atom stereocenters. The molecule has 112 valence electrons. The zero-order valence-electron chi connectivity index (χ0n) is 11.0. The number of benzene rings is 1. The first-order valence-corrected chi connectivity index (χ1v) is 8.77. The van der Waals surface area contributed by atoms with Gasteiger partial charge in [0.1, 0.15) is 0 Å². The van der Waals surface area contributed by atoms with Crippen molar-refractivity contribution < 1.29 is 13.2 Å². The van der Waals surface area contributed by atoms with Gasteiger partial charge in [0.05, 0.1) is 5.69 Å². The quantitative estimate of drug-likeness (QED) is 0.780. The van der Waals surface area contributed by atoms with Gasteiger partial charge in [-0.2, -0.15) is 8.42 Å². The molecule has 0 bridgehead atoms. The maximum absolute atomic E-state index is 12.2. The number of rotatable bonds is 4. The van der Waals surface area contributed by atoms with Crippen LogP contribution in [-0.2, 0) is 14.8 Å². The predicted octanol–water partition coefficient (Wildman–Crippen LogP) is 2.37. The van der Waals surface area contributed by atoms with Crippen LogP contribution in [0.25, 0.3) is 0 Å². The minimum Gasteiger partial charge on any atom is -0.301 e. The number of aromatic nitrogens is 2. The summed E-state index contributed by atoms with van der Waals surface area (Å²) >= 11 is 4.07. The highest BCUT2D eigenvalue weighted by Crippen LogP contribution is 2.27. The number of carbonyl (C=O) groups excluding carboxylic acids is 1. The SMILES string of the molecule is CC(=O)Nc1nnc(S(=O)(=O)Nc2ccc(C)cc2Br)s1. The average Bonchev–Trinajstić information content (AvgIpc) is 2.81. The third kappa shape index (κ3) is 3.99. The van der Waals surface area contributed by atoms with E-state index in [9.17, 15) is 13.2 Å². The number of anilines is 2. The van der Waals surface area contributed by atoms with Crippen molar-refractivity contribution in [1.29, 1.82) is 0 Å². The number of carbonyl (C=O) groups is 1. The molecule has 2 aromatic rings. The van der Waals surface area contributed by atoms with Crippen molar-refractivity contribution in [2.45, 2.75) is 18.2 Å². The van der Waals surface area contributed by atoms with Crippen LogP contribution in [-0.4, -0.2) is 24.5 Å². The standard InChI is InChI=1S/C11H11BrN4O3S2/c1-6-3-4-9(8(12)5-6)16-21(18,19)11-15-14-10(20-11)13-7(2)17/h3-5,16H,1-2H3,(H,13,14,17). The zero-order valence-corrected chi connectivity index (χ0v) is 14.3. The normalized spacial score (nSPS) is 11.2. The first-order chi connectivity index (χ1) is 9.78. The molecule has 21 heavy (non-hydrogen) atoms. The van der Waals surface area contributed by atoms with Crippen molar-refractivity contribution in [3.8, 4) is 0 Å². The number of nitrogens with one attached hydrogen (secondary N) is 2. The van der Waals surface area contributed by atoms with Gasteiger partial charge in [0.15, 0.2) is 0 Å². The van der Waals surface area contributed by atoms with Crippen LogP contribution in [0.5, 0.6) is 0 Å². The Kier molecular flexibility index (Phi) is 4.59. The summed E-state index contributed by atoms with van der Waals surface area (Å²) in [5.74, 6) is -0.343. The molecule has 1 aromatic carbocycles. The number of amides is 1. The Balaban J connectivity index is 2.25. The number of hydrogen-bond acceptors (Lipinski definition) is 6. The summed E-state index contributed by atoms with van der Waals surface area (Å²) in [6.07, 6.45) is 0. The number of nitrogens with zero attached hydrogens (tertiary/aromatic N) is 2. The van der Waals surface area contributed by atoms with Gasteiger partial charge >= 0.3 is 0 Å². The number of hydrogen-bond donors (Lipinski definition) is 2. The molecule has 0 aliphatic carbocycles. The molecule has 0 fully saturated rings. The molecule has 0 unspecified atom stereocenters. The van der Waals surface area contributed by atoms with Crippen LogP contribution in [0.4, 0.5) is 10.8 Å². The molecule has 1 heterocycles. The van der Waals surface area contributed by atoms with Gasteiger partial charge in [-0.3, -0.25) is 9.52 Å². The summed E-state index contributed by atoms with van der Waals surface area (Å²) < 4.78 is 27.2. The minimum atomic E-state index is -3.85. The monoisotopic (exact) mass is 390 g/mol. The molecule has 0 aliphatic heterocycles. The number of sulfonamides is 1. The van der Waals surface area contributed by atoms with Crippen LogP contribution in [0.2, 0.25) is 0 Å². The Hall–Kier alpha value is -1.52. The molecule has 10 heteroatoms. The van der Waals surface area contributed by atoms with E-state index in [1.54, 1.807) is 18.2 Å². The predicted molar refractivity (Wildman–Crippen MR) is 83.9 cm³/mol. The van der Waals surface area contributed by atoms with Gasteiger partial charge in [0, 0.05) is 11.4 Å². The highest BCUT2D eigenvalue weighted by molar-refractivity contribution is 9.10. The molecular formula is C11H11BrN4O3S2. The van der Waals surface area contributed by atoms with E-state index < -0.39 is 10.0 Å². The molecule has 0 saturated heterocycles. The number of halogens is 1. The van der Waals surface area contributed by atoms with Crippen molar-refractivity contribution in [2.24, 2.45) is 0 Å². The topological polar surface area (TPSA) is 101 Å². The van der Waals surface area contributed by atoms with E-state index in [1.807, 2.05) is 6.92 Å². The summed E-state index contributed by atoms with van der Waals surface area (Å²) in [5, 5.41) is 9.69. The fraction of sp³-hybridized carbons (Fsp3) is 0.182. The first-order valence-electron chi connectivity index (χ1n) is 5.68. The lowest BCUT2D eigenvalue weighted by molar-refractivity contribution is -0.114. The first kappa shape index (κ1) is 15.9.